The van der Waals surface area contributed by atoms with Gasteiger partial charge in [-0.25, -0.2) is 8.42 Å². The van der Waals surface area contributed by atoms with Crippen molar-refractivity contribution in [1.82, 2.24) is 0 Å². The van der Waals surface area contributed by atoms with Crippen LogP contribution >= 0.6 is 0 Å². The Balaban J connectivity index is 2.05. The molecule has 1 N–H and O–H groups in total. The Morgan fingerprint density at radius 2 is 1.55 bits per heavy atom. The molecule has 20 heavy (non-hydrogen) atoms. The highest BCUT2D eigenvalue weighted by Gasteiger charge is 2.26. The lowest BCUT2D eigenvalue weighted by Gasteiger charge is -2.17. The fourth-order valence-electron chi connectivity index (χ4n) is 2.50. The highest BCUT2D eigenvalue weighted by atomic mass is 32.2. The van der Waals surface area contributed by atoms with Crippen LogP contribution in [0.25, 0.3) is 0 Å². The van der Waals surface area contributed by atoms with E-state index >= 15 is 0 Å². The Morgan fingerprint density at radius 3 is 2.05 bits per heavy atom. The lowest BCUT2D eigenvalue weighted by Crippen LogP contribution is -2.18. The Kier molecular flexibility index (Phi) is 4.96. The molecule has 1 aromatic carbocycles. The van der Waals surface area contributed by atoms with Crippen LogP contribution in [0.15, 0.2) is 29.2 Å². The summed E-state index contributed by atoms with van der Waals surface area (Å²) in [4.78, 5) is -0.334. The molecule has 3 nitrogen and oxygen atoms in total. The highest BCUT2D eigenvalue weighted by molar-refractivity contribution is 7.91. The van der Waals surface area contributed by atoms with Crippen LogP contribution in [0, 0.1) is 0 Å². The van der Waals surface area contributed by atoms with Crippen molar-refractivity contribution in [1.29, 1.82) is 0 Å². The van der Waals surface area contributed by atoms with Gasteiger partial charge in [0.25, 0.3) is 0 Å². The molecule has 0 heterocycles. The minimum atomic E-state index is -4.49. The third-order valence-corrected chi connectivity index (χ3v) is 5.04. The first-order valence-electron chi connectivity index (χ1n) is 6.89. The van der Waals surface area contributed by atoms with Gasteiger partial charge in [0.05, 0.1) is 4.90 Å². The van der Waals surface area contributed by atoms with E-state index in [2.05, 4.69) is 5.32 Å². The van der Waals surface area contributed by atoms with Crippen LogP contribution in [0.4, 0.5) is 14.5 Å². The molecule has 1 aromatic rings. The zero-order valence-electron chi connectivity index (χ0n) is 11.2. The summed E-state index contributed by atoms with van der Waals surface area (Å²) in [5.74, 6) is -3.37. The maximum absolute atomic E-state index is 12.4. The van der Waals surface area contributed by atoms with Gasteiger partial charge in [-0.3, -0.25) is 0 Å². The number of alkyl halides is 2. The number of hydrogen-bond donors (Lipinski definition) is 1. The fourth-order valence-corrected chi connectivity index (χ4v) is 3.22. The van der Waals surface area contributed by atoms with Crippen molar-refractivity contribution in [2.24, 2.45) is 0 Å². The van der Waals surface area contributed by atoms with Crippen LogP contribution in [0.2, 0.25) is 0 Å². The van der Waals surface area contributed by atoms with Gasteiger partial charge in [0.15, 0.2) is 0 Å². The van der Waals surface area contributed by atoms with Crippen LogP contribution in [0.1, 0.15) is 38.5 Å². The second-order valence-corrected chi connectivity index (χ2v) is 7.08. The molecular formula is C14H19F2NO2S. The highest BCUT2D eigenvalue weighted by Crippen LogP contribution is 2.23. The molecule has 0 atom stereocenters. The number of hydrogen-bond acceptors (Lipinski definition) is 3. The summed E-state index contributed by atoms with van der Waals surface area (Å²) in [7, 11) is -4.49. The molecule has 6 heteroatoms. The van der Waals surface area contributed by atoms with Crippen LogP contribution in [-0.2, 0) is 9.84 Å². The monoisotopic (exact) mass is 303 g/mol. The lowest BCUT2D eigenvalue weighted by atomic mass is 10.1. The average molecular weight is 303 g/mol. The van der Waals surface area contributed by atoms with Gasteiger partial charge in [-0.1, -0.05) is 25.7 Å². The predicted molar refractivity (Wildman–Crippen MR) is 74.7 cm³/mol. The predicted octanol–water partition coefficient (Wildman–Crippen LogP) is 3.82. The zero-order chi connectivity index (χ0) is 14.6. The third kappa shape index (κ3) is 3.69. The van der Waals surface area contributed by atoms with Gasteiger partial charge in [0.1, 0.15) is 0 Å². The summed E-state index contributed by atoms with van der Waals surface area (Å²) in [5, 5.41) is 3.35. The van der Waals surface area contributed by atoms with Crippen molar-refractivity contribution in [3.63, 3.8) is 0 Å². The molecule has 0 aliphatic heterocycles. The minimum absolute atomic E-state index is 0.334. The molecule has 0 saturated heterocycles. The summed E-state index contributed by atoms with van der Waals surface area (Å²) < 4.78 is 47.4. The summed E-state index contributed by atoms with van der Waals surface area (Å²) in [5.41, 5.74) is 0.783. The molecule has 0 bridgehead atoms. The van der Waals surface area contributed by atoms with Crippen molar-refractivity contribution in [2.75, 3.05) is 5.32 Å². The van der Waals surface area contributed by atoms with Crippen LogP contribution in [0.3, 0.4) is 0 Å². The van der Waals surface area contributed by atoms with E-state index in [1.54, 1.807) is 12.1 Å². The van der Waals surface area contributed by atoms with E-state index in [-0.39, 0.29) is 4.90 Å². The van der Waals surface area contributed by atoms with Gasteiger partial charge in [0.2, 0.25) is 9.84 Å². The van der Waals surface area contributed by atoms with Gasteiger partial charge in [0, 0.05) is 11.7 Å². The first kappa shape index (κ1) is 15.2. The smallest absolute Gasteiger partial charge is 0.341 e. The van der Waals surface area contributed by atoms with Crippen LogP contribution in [0.5, 0.6) is 0 Å². The summed E-state index contributed by atoms with van der Waals surface area (Å²) >= 11 is 0. The second-order valence-electron chi connectivity index (χ2n) is 5.16. The molecule has 112 valence electrons. The van der Waals surface area contributed by atoms with Crippen LogP contribution < -0.4 is 5.32 Å². The van der Waals surface area contributed by atoms with E-state index in [0.29, 0.717) is 6.04 Å². The van der Waals surface area contributed by atoms with Crippen molar-refractivity contribution >= 4 is 15.5 Å². The Labute approximate surface area is 118 Å². The Bertz CT molecular complexity index is 521. The number of sulfone groups is 1. The molecule has 1 aliphatic rings. The quantitative estimate of drug-likeness (QED) is 0.860. The van der Waals surface area contributed by atoms with Gasteiger partial charge in [-0.2, -0.15) is 8.78 Å². The molecule has 0 amide bonds. The van der Waals surface area contributed by atoms with Gasteiger partial charge in [-0.15, -0.1) is 0 Å². The molecule has 1 aliphatic carbocycles. The molecule has 1 saturated carbocycles. The third-order valence-electron chi connectivity index (χ3n) is 3.64. The first-order valence-corrected chi connectivity index (χ1v) is 8.43. The molecule has 0 unspecified atom stereocenters. The molecule has 2 rings (SSSR count). The number of anilines is 1. The summed E-state index contributed by atoms with van der Waals surface area (Å²) in [6.45, 7) is 0. The lowest BCUT2D eigenvalue weighted by molar-refractivity contribution is 0.234. The zero-order valence-corrected chi connectivity index (χ0v) is 12.0. The van der Waals surface area contributed by atoms with E-state index in [0.717, 1.165) is 18.5 Å². The van der Waals surface area contributed by atoms with Crippen molar-refractivity contribution in [3.8, 4) is 0 Å². The molecule has 0 radical (unpaired) electrons. The van der Waals surface area contributed by atoms with E-state index in [4.69, 9.17) is 0 Å². The van der Waals surface area contributed by atoms with Gasteiger partial charge < -0.3 is 5.32 Å². The van der Waals surface area contributed by atoms with E-state index in [1.165, 1.54) is 37.8 Å². The minimum Gasteiger partial charge on any atom is -0.382 e. The molecule has 0 spiro atoms. The SMILES string of the molecule is O=S(=O)(c1ccc(NC2CCCCCC2)cc1)C(F)F. The number of halogens is 2. The van der Waals surface area contributed by atoms with Crippen LogP contribution in [-0.4, -0.2) is 20.2 Å². The topological polar surface area (TPSA) is 46.2 Å². The molecule has 1 fully saturated rings. The fraction of sp³-hybridized carbons (Fsp3) is 0.571. The van der Waals surface area contributed by atoms with Gasteiger partial charge in [-0.05, 0) is 37.1 Å². The summed E-state index contributed by atoms with van der Waals surface area (Å²) in [6.07, 6.45) is 7.08. The maximum Gasteiger partial charge on any atom is 0.341 e. The van der Waals surface area contributed by atoms with E-state index < -0.39 is 15.6 Å². The van der Waals surface area contributed by atoms with Gasteiger partial charge >= 0.3 is 5.76 Å². The van der Waals surface area contributed by atoms with E-state index in [1.807, 2.05) is 0 Å². The largest absolute Gasteiger partial charge is 0.382 e. The number of benzene rings is 1. The molecular weight excluding hydrogens is 284 g/mol. The summed E-state index contributed by atoms with van der Waals surface area (Å²) in [6, 6.07) is 5.97. The van der Waals surface area contributed by atoms with Crippen molar-refractivity contribution in [3.05, 3.63) is 24.3 Å². The average Bonchev–Trinajstić information content (AvgIpc) is 2.68. The Hall–Kier alpha value is -1.17. The normalized spacial score (nSPS) is 17.9. The second kappa shape index (κ2) is 6.52. The first-order chi connectivity index (χ1) is 9.50. The standard InChI is InChI=1S/C14H19F2NO2S/c15-14(16)20(18,19)13-9-7-12(8-10-13)17-11-5-3-1-2-4-6-11/h7-11,14,17H,1-6H2. The molecule has 0 aromatic heterocycles. The van der Waals surface area contributed by atoms with E-state index in [9.17, 15) is 17.2 Å². The maximum atomic E-state index is 12.4. The number of nitrogens with one attached hydrogen (secondary N) is 1. The van der Waals surface area contributed by atoms with Crippen molar-refractivity contribution < 1.29 is 17.2 Å². The Morgan fingerprint density at radius 1 is 1.00 bits per heavy atom. The van der Waals surface area contributed by atoms with Crippen molar-refractivity contribution in [2.45, 2.75) is 55.2 Å². The number of rotatable bonds is 4.